The molecule has 0 aliphatic rings. The molecular weight excluding hydrogens is 424 g/mol. The fourth-order valence-corrected chi connectivity index (χ4v) is 4.73. The molecule has 0 aromatic heterocycles. The summed E-state index contributed by atoms with van der Waals surface area (Å²) in [6.07, 6.45) is -1.21. The molecule has 32 heavy (non-hydrogen) atoms. The molecule has 0 spiro atoms. The van der Waals surface area contributed by atoms with E-state index in [0.717, 1.165) is 22.9 Å². The molecule has 2 rings (SSSR count). The Bertz CT molecular complexity index is 951. The van der Waals surface area contributed by atoms with Crippen LogP contribution >= 0.6 is 11.8 Å². The summed E-state index contributed by atoms with van der Waals surface area (Å²) in [5.41, 5.74) is 0.730. The van der Waals surface area contributed by atoms with E-state index in [9.17, 15) is 19.8 Å². The lowest BCUT2D eigenvalue weighted by molar-refractivity contribution is -0.145. The minimum Gasteiger partial charge on any atom is -0.507 e. The number of carboxylic acids is 1. The first-order chi connectivity index (χ1) is 14.6. The molecule has 2 N–H and O–H groups in total. The number of hydrogen-bond donors (Lipinski definition) is 2. The molecule has 2 atom stereocenters. The first-order valence-corrected chi connectivity index (χ1v) is 11.4. The summed E-state index contributed by atoms with van der Waals surface area (Å²) < 4.78 is 4.30. The molecule has 0 amide bonds. The number of thioether (sulfide) groups is 1. The van der Waals surface area contributed by atoms with Gasteiger partial charge in [-0.15, -0.1) is 11.8 Å². The molecule has 0 fully saturated rings. The van der Waals surface area contributed by atoms with Gasteiger partial charge in [0.15, 0.2) is 16.6 Å². The van der Waals surface area contributed by atoms with Crippen LogP contribution in [0, 0.1) is 0 Å². The predicted molar refractivity (Wildman–Crippen MR) is 129 cm³/mol. The Kier molecular flexibility index (Phi) is 7.40. The van der Waals surface area contributed by atoms with Crippen molar-refractivity contribution in [2.45, 2.75) is 82.0 Å². The van der Waals surface area contributed by atoms with E-state index in [1.807, 2.05) is 59.7 Å². The molecular formula is C26H34O5S. The molecule has 174 valence electrons. The molecule has 6 heteroatoms. The summed E-state index contributed by atoms with van der Waals surface area (Å²) in [5.74, 6) is -0.884. The summed E-state index contributed by atoms with van der Waals surface area (Å²) >= 11 is 1.07. The molecule has 0 saturated carbocycles. The second kappa shape index (κ2) is 9.18. The number of ether oxygens (including phenoxy) is 1. The van der Waals surface area contributed by atoms with Gasteiger partial charge in [0.05, 0.1) is 0 Å². The van der Waals surface area contributed by atoms with E-state index in [4.69, 9.17) is 4.74 Å². The van der Waals surface area contributed by atoms with Crippen molar-refractivity contribution >= 4 is 23.5 Å². The number of carbonyl (C=O) groups is 2. The normalized spacial score (nSPS) is 15.0. The van der Waals surface area contributed by atoms with E-state index in [2.05, 4.69) is 0 Å². The van der Waals surface area contributed by atoms with E-state index in [1.165, 1.54) is 13.8 Å². The van der Waals surface area contributed by atoms with Gasteiger partial charge in [0.25, 0.3) is 0 Å². The maximum atomic E-state index is 12.6. The van der Waals surface area contributed by atoms with Crippen LogP contribution in [0.1, 0.15) is 66.5 Å². The highest BCUT2D eigenvalue weighted by Crippen LogP contribution is 2.45. The van der Waals surface area contributed by atoms with Crippen LogP contribution in [-0.2, 0) is 20.4 Å². The van der Waals surface area contributed by atoms with E-state index in [-0.39, 0.29) is 22.4 Å². The van der Waals surface area contributed by atoms with Crippen LogP contribution in [0.5, 0.6) is 11.5 Å². The quantitative estimate of drug-likeness (QED) is 0.498. The second-order valence-corrected chi connectivity index (χ2v) is 11.8. The molecule has 0 saturated heterocycles. The van der Waals surface area contributed by atoms with Crippen molar-refractivity contribution in [2.24, 2.45) is 0 Å². The highest BCUT2D eigenvalue weighted by Gasteiger charge is 2.47. The number of benzene rings is 2. The first kappa shape index (κ1) is 25.8. The van der Waals surface area contributed by atoms with Crippen molar-refractivity contribution in [1.29, 1.82) is 0 Å². The van der Waals surface area contributed by atoms with Gasteiger partial charge in [-0.25, -0.2) is 0 Å². The second-order valence-electron chi connectivity index (χ2n) is 10.3. The van der Waals surface area contributed by atoms with Crippen molar-refractivity contribution < 1.29 is 24.5 Å². The highest BCUT2D eigenvalue weighted by molar-refractivity contribution is 8.01. The van der Waals surface area contributed by atoms with Crippen molar-refractivity contribution in [3.63, 3.8) is 0 Å². The van der Waals surface area contributed by atoms with Gasteiger partial charge in [-0.1, -0.05) is 59.7 Å². The van der Waals surface area contributed by atoms with Crippen LogP contribution in [0.25, 0.3) is 0 Å². The number of aliphatic carboxylic acids is 1. The minimum absolute atomic E-state index is 0.218. The summed E-state index contributed by atoms with van der Waals surface area (Å²) in [6.45, 7) is 14.8. The molecule has 0 bridgehead atoms. The Hall–Kier alpha value is -2.47. The van der Waals surface area contributed by atoms with Gasteiger partial charge < -0.3 is 14.9 Å². The maximum absolute atomic E-state index is 12.6. The summed E-state index contributed by atoms with van der Waals surface area (Å²) in [6, 6.07) is 12.4. The van der Waals surface area contributed by atoms with E-state index in [1.54, 1.807) is 24.3 Å². The fraction of sp³-hybridized carbons (Fsp3) is 0.462. The zero-order valence-electron chi connectivity index (χ0n) is 20.1. The Morgan fingerprint density at radius 3 is 1.75 bits per heavy atom. The van der Waals surface area contributed by atoms with Gasteiger partial charge in [-0.05, 0) is 48.9 Å². The van der Waals surface area contributed by atoms with Gasteiger partial charge in [0, 0.05) is 16.0 Å². The lowest BCUT2D eigenvalue weighted by Gasteiger charge is -2.33. The molecule has 0 radical (unpaired) electrons. The van der Waals surface area contributed by atoms with Crippen LogP contribution in [0.3, 0.4) is 0 Å². The lowest BCUT2D eigenvalue weighted by atomic mass is 9.79. The number of hydrogen-bond acceptors (Lipinski definition) is 5. The van der Waals surface area contributed by atoms with Crippen LogP contribution in [-0.4, -0.2) is 32.8 Å². The number of Topliss-reactive ketones (excluding diaryl/α,β-unsaturated/α-hetero) is 1. The zero-order valence-corrected chi connectivity index (χ0v) is 21.0. The number of aromatic hydroxyl groups is 1. The minimum atomic E-state index is -1.59. The number of carbonyl (C=O) groups excluding carboxylic acids is 1. The molecule has 2 aromatic rings. The van der Waals surface area contributed by atoms with Crippen molar-refractivity contribution in [2.75, 3.05) is 0 Å². The van der Waals surface area contributed by atoms with Gasteiger partial charge in [0.1, 0.15) is 11.5 Å². The molecule has 0 aliphatic carbocycles. The third-order valence-corrected chi connectivity index (χ3v) is 6.60. The summed E-state index contributed by atoms with van der Waals surface area (Å²) in [4.78, 5) is 25.7. The largest absolute Gasteiger partial charge is 0.507 e. The molecule has 0 heterocycles. The fourth-order valence-electron chi connectivity index (χ4n) is 3.48. The van der Waals surface area contributed by atoms with Crippen LogP contribution in [0.2, 0.25) is 0 Å². The number of phenolic OH excluding ortho intramolecular Hbond substituents is 1. The standard InChI is InChI=1S/C26H34O5S/c1-16(27)22(31-17-12-10-9-11-13-17)26(8,23(29)30)32-18-14-19(24(2,3)4)21(28)20(15-18)25(5,6)7/h9-15,22,28H,1-8H3,(H,29,30). The Labute approximate surface area is 195 Å². The van der Waals surface area contributed by atoms with Gasteiger partial charge in [-0.2, -0.15) is 0 Å². The molecule has 2 aromatic carbocycles. The third-order valence-electron chi connectivity index (χ3n) is 5.32. The van der Waals surface area contributed by atoms with E-state index >= 15 is 0 Å². The number of rotatable bonds is 7. The SMILES string of the molecule is CC(=O)C(Oc1ccccc1)C(C)(Sc1cc(C(C)(C)C)c(O)c(C(C)(C)C)c1)C(=O)O. The first-order valence-electron chi connectivity index (χ1n) is 10.6. The van der Waals surface area contributed by atoms with Crippen molar-refractivity contribution in [1.82, 2.24) is 0 Å². The number of ketones is 1. The van der Waals surface area contributed by atoms with Gasteiger partial charge >= 0.3 is 5.97 Å². The number of phenols is 1. The number of para-hydroxylation sites is 1. The summed E-state index contributed by atoms with van der Waals surface area (Å²) in [5, 5.41) is 21.2. The van der Waals surface area contributed by atoms with E-state index in [0.29, 0.717) is 10.6 Å². The van der Waals surface area contributed by atoms with Crippen LogP contribution < -0.4 is 4.74 Å². The van der Waals surface area contributed by atoms with Crippen molar-refractivity contribution in [3.8, 4) is 11.5 Å². The highest BCUT2D eigenvalue weighted by atomic mass is 32.2. The monoisotopic (exact) mass is 458 g/mol. The predicted octanol–water partition coefficient (Wildman–Crippen LogP) is 5.96. The van der Waals surface area contributed by atoms with Gasteiger partial charge in [0.2, 0.25) is 0 Å². The molecule has 2 unspecified atom stereocenters. The van der Waals surface area contributed by atoms with Crippen LogP contribution in [0.4, 0.5) is 0 Å². The Morgan fingerprint density at radius 2 is 1.38 bits per heavy atom. The molecule has 5 nitrogen and oxygen atoms in total. The van der Waals surface area contributed by atoms with Crippen LogP contribution in [0.15, 0.2) is 47.4 Å². The Morgan fingerprint density at radius 1 is 0.906 bits per heavy atom. The van der Waals surface area contributed by atoms with Gasteiger partial charge in [-0.3, -0.25) is 9.59 Å². The maximum Gasteiger partial charge on any atom is 0.324 e. The average Bonchev–Trinajstić information content (AvgIpc) is 2.65. The lowest BCUT2D eigenvalue weighted by Crippen LogP contribution is -2.51. The average molecular weight is 459 g/mol. The Balaban J connectivity index is 2.62. The van der Waals surface area contributed by atoms with E-state index < -0.39 is 16.8 Å². The zero-order chi connectivity index (χ0) is 24.5. The summed E-state index contributed by atoms with van der Waals surface area (Å²) in [7, 11) is 0. The molecule has 0 aliphatic heterocycles. The smallest absolute Gasteiger partial charge is 0.324 e. The third kappa shape index (κ3) is 5.66. The number of carboxylic acid groups (broad SMARTS) is 1. The van der Waals surface area contributed by atoms with Crippen molar-refractivity contribution in [3.05, 3.63) is 53.6 Å². The topological polar surface area (TPSA) is 83.8 Å².